The molecule has 5 nitrogen and oxygen atoms in total. The van der Waals surface area contributed by atoms with Gasteiger partial charge in [-0.3, -0.25) is 4.90 Å². The van der Waals surface area contributed by atoms with Crippen molar-refractivity contribution in [2.75, 3.05) is 27.6 Å². The minimum Gasteiger partial charge on any atom is -0.493 e. The van der Waals surface area contributed by atoms with Crippen molar-refractivity contribution in [2.24, 2.45) is 0 Å². The molecule has 5 rings (SSSR count). The number of ether oxygens (including phenoxy) is 4. The van der Waals surface area contributed by atoms with E-state index in [0.717, 1.165) is 42.5 Å². The Balaban J connectivity index is 1.62. The summed E-state index contributed by atoms with van der Waals surface area (Å²) in [5.41, 5.74) is 5.34. The number of rotatable bonds is 2. The first-order valence-electron chi connectivity index (χ1n) is 9.11. The molecule has 0 saturated carbocycles. The largest absolute Gasteiger partial charge is 0.493 e. The van der Waals surface area contributed by atoms with Crippen molar-refractivity contribution in [1.82, 2.24) is 4.90 Å². The number of hydrogen-bond acceptors (Lipinski definition) is 5. The van der Waals surface area contributed by atoms with E-state index in [1.165, 1.54) is 22.3 Å². The van der Waals surface area contributed by atoms with Crippen LogP contribution in [0.15, 0.2) is 24.3 Å². The van der Waals surface area contributed by atoms with Crippen molar-refractivity contribution >= 4 is 0 Å². The van der Waals surface area contributed by atoms with E-state index in [0.29, 0.717) is 18.8 Å². The first-order valence-corrected chi connectivity index (χ1v) is 9.11. The molecule has 0 amide bonds. The van der Waals surface area contributed by atoms with Crippen molar-refractivity contribution < 1.29 is 18.9 Å². The van der Waals surface area contributed by atoms with Gasteiger partial charge in [-0.05, 0) is 41.3 Å². The van der Waals surface area contributed by atoms with Crippen LogP contribution in [-0.2, 0) is 13.0 Å². The van der Waals surface area contributed by atoms with Crippen LogP contribution < -0.4 is 18.9 Å². The number of benzene rings is 2. The predicted octanol–water partition coefficient (Wildman–Crippen LogP) is 3.65. The monoisotopic (exact) mass is 353 g/mol. The number of methoxy groups -OCH3 is 2. The van der Waals surface area contributed by atoms with Crippen molar-refractivity contribution in [1.29, 1.82) is 0 Å². The molecule has 2 aromatic rings. The third kappa shape index (κ3) is 2.13. The van der Waals surface area contributed by atoms with E-state index in [4.69, 9.17) is 18.9 Å². The zero-order valence-electron chi connectivity index (χ0n) is 15.4. The fraction of sp³-hybridized carbons (Fsp3) is 0.429. The highest BCUT2D eigenvalue weighted by Crippen LogP contribution is 2.51. The number of nitrogens with zero attached hydrogens (tertiary/aromatic N) is 1. The summed E-state index contributed by atoms with van der Waals surface area (Å²) in [5, 5.41) is 0. The molecule has 0 bridgehead atoms. The Hall–Kier alpha value is -2.40. The molecule has 3 aliphatic rings. The Labute approximate surface area is 153 Å². The average Bonchev–Trinajstić information content (AvgIpc) is 3.12. The molecule has 0 unspecified atom stereocenters. The summed E-state index contributed by atoms with van der Waals surface area (Å²) in [6.45, 7) is 4.53. The maximum absolute atomic E-state index is 5.70. The zero-order valence-corrected chi connectivity index (χ0v) is 15.4. The first kappa shape index (κ1) is 15.8. The van der Waals surface area contributed by atoms with E-state index in [2.05, 4.69) is 30.0 Å². The third-order valence-electron chi connectivity index (χ3n) is 6.02. The Bertz CT molecular complexity index is 879. The fourth-order valence-corrected chi connectivity index (χ4v) is 4.82. The van der Waals surface area contributed by atoms with E-state index in [1.807, 2.05) is 6.07 Å². The van der Waals surface area contributed by atoms with E-state index < -0.39 is 0 Å². The van der Waals surface area contributed by atoms with Gasteiger partial charge in [-0.2, -0.15) is 0 Å². The second-order valence-corrected chi connectivity index (χ2v) is 7.23. The molecule has 5 heteroatoms. The van der Waals surface area contributed by atoms with Gasteiger partial charge in [0.2, 0.25) is 6.79 Å². The van der Waals surface area contributed by atoms with Crippen LogP contribution in [0.4, 0.5) is 0 Å². The average molecular weight is 353 g/mol. The molecule has 0 saturated heterocycles. The lowest BCUT2D eigenvalue weighted by atomic mass is 9.77. The van der Waals surface area contributed by atoms with Crippen molar-refractivity contribution in [3.05, 3.63) is 46.5 Å². The highest BCUT2D eigenvalue weighted by atomic mass is 16.7. The third-order valence-corrected chi connectivity index (χ3v) is 6.02. The van der Waals surface area contributed by atoms with Crippen LogP contribution >= 0.6 is 0 Å². The summed E-state index contributed by atoms with van der Waals surface area (Å²) < 4.78 is 22.4. The predicted molar refractivity (Wildman–Crippen MR) is 97.4 cm³/mol. The molecule has 0 aromatic heterocycles. The van der Waals surface area contributed by atoms with Gasteiger partial charge in [0.25, 0.3) is 0 Å². The van der Waals surface area contributed by atoms with E-state index >= 15 is 0 Å². The molecule has 0 fully saturated rings. The Kier molecular flexibility index (Phi) is 3.54. The van der Waals surface area contributed by atoms with Crippen LogP contribution in [-0.4, -0.2) is 32.5 Å². The molecule has 0 N–H and O–H groups in total. The fourth-order valence-electron chi connectivity index (χ4n) is 4.82. The summed E-state index contributed by atoms with van der Waals surface area (Å²) in [4.78, 5) is 2.56. The van der Waals surface area contributed by atoms with Gasteiger partial charge in [0.05, 0.1) is 14.2 Å². The van der Waals surface area contributed by atoms with Gasteiger partial charge in [-0.25, -0.2) is 0 Å². The van der Waals surface area contributed by atoms with Crippen LogP contribution in [0.2, 0.25) is 0 Å². The molecule has 2 atom stereocenters. The molecule has 0 aliphatic carbocycles. The van der Waals surface area contributed by atoms with Gasteiger partial charge in [-0.1, -0.05) is 13.0 Å². The topological polar surface area (TPSA) is 40.2 Å². The van der Waals surface area contributed by atoms with Crippen LogP contribution in [0.1, 0.15) is 41.1 Å². The highest BCUT2D eigenvalue weighted by Gasteiger charge is 2.39. The number of fused-ring (bicyclic) bond motifs is 5. The lowest BCUT2D eigenvalue weighted by Gasteiger charge is -2.45. The molecule has 0 spiro atoms. The molecule has 3 aliphatic heterocycles. The molecular weight excluding hydrogens is 330 g/mol. The smallest absolute Gasteiger partial charge is 0.231 e. The van der Waals surface area contributed by atoms with Crippen LogP contribution in [0.3, 0.4) is 0 Å². The maximum atomic E-state index is 5.70. The Morgan fingerprint density at radius 3 is 2.62 bits per heavy atom. The number of hydrogen-bond donors (Lipinski definition) is 0. The molecule has 26 heavy (non-hydrogen) atoms. The lowest BCUT2D eigenvalue weighted by molar-refractivity contribution is 0.136. The van der Waals surface area contributed by atoms with Crippen LogP contribution in [0, 0.1) is 0 Å². The maximum Gasteiger partial charge on any atom is 0.231 e. The van der Waals surface area contributed by atoms with Gasteiger partial charge < -0.3 is 18.9 Å². The van der Waals surface area contributed by atoms with Gasteiger partial charge in [0.1, 0.15) is 0 Å². The standard InChI is InChI=1S/C21H23NO4/c1-12-14-4-5-17(23-2)21(24-3)16(14)10-22-7-6-13-8-18-19(26-11-25-18)9-15(13)20(12)22/h4-5,8-9,12,20H,6-7,10-11H2,1-3H3/t12-,20-/m1/s1. The lowest BCUT2D eigenvalue weighted by Crippen LogP contribution is -2.41. The van der Waals surface area contributed by atoms with E-state index in [9.17, 15) is 0 Å². The molecule has 0 radical (unpaired) electrons. The first-order chi connectivity index (χ1) is 12.7. The highest BCUT2D eigenvalue weighted by molar-refractivity contribution is 5.56. The second-order valence-electron chi connectivity index (χ2n) is 7.23. The minimum atomic E-state index is 0.321. The van der Waals surface area contributed by atoms with Crippen LogP contribution in [0.5, 0.6) is 23.0 Å². The van der Waals surface area contributed by atoms with Crippen molar-refractivity contribution in [2.45, 2.75) is 31.8 Å². The SMILES string of the molecule is COc1ccc2c(c1OC)CN1CCc3cc4c(cc3[C@H]1[C@@H]2C)OCO4. The molecule has 2 aromatic carbocycles. The van der Waals surface area contributed by atoms with Gasteiger partial charge in [-0.15, -0.1) is 0 Å². The Morgan fingerprint density at radius 1 is 1.04 bits per heavy atom. The molecule has 136 valence electrons. The normalized spacial score (nSPS) is 23.0. The summed E-state index contributed by atoms with van der Waals surface area (Å²) in [5.74, 6) is 3.78. The van der Waals surface area contributed by atoms with Crippen LogP contribution in [0.25, 0.3) is 0 Å². The quantitative estimate of drug-likeness (QED) is 0.824. The Morgan fingerprint density at radius 2 is 1.85 bits per heavy atom. The molecule has 3 heterocycles. The van der Waals surface area contributed by atoms with E-state index in [-0.39, 0.29) is 0 Å². The second kappa shape index (κ2) is 5.81. The summed E-state index contributed by atoms with van der Waals surface area (Å²) in [6.07, 6.45) is 1.02. The summed E-state index contributed by atoms with van der Waals surface area (Å²) in [7, 11) is 3.42. The summed E-state index contributed by atoms with van der Waals surface area (Å²) in [6, 6.07) is 8.93. The van der Waals surface area contributed by atoms with Crippen molar-refractivity contribution in [3.63, 3.8) is 0 Å². The van der Waals surface area contributed by atoms with Gasteiger partial charge in [0, 0.05) is 30.6 Å². The van der Waals surface area contributed by atoms with Gasteiger partial charge >= 0.3 is 0 Å². The minimum absolute atomic E-state index is 0.321. The zero-order chi connectivity index (χ0) is 17.8. The van der Waals surface area contributed by atoms with Crippen molar-refractivity contribution in [3.8, 4) is 23.0 Å². The summed E-state index contributed by atoms with van der Waals surface area (Å²) >= 11 is 0. The van der Waals surface area contributed by atoms with Gasteiger partial charge in [0.15, 0.2) is 23.0 Å². The van der Waals surface area contributed by atoms with E-state index in [1.54, 1.807) is 14.2 Å². The molecular formula is C21H23NO4.